The minimum atomic E-state index is -3.81. The van der Waals surface area contributed by atoms with E-state index >= 15 is 0 Å². The van der Waals surface area contributed by atoms with Crippen molar-refractivity contribution in [3.05, 3.63) is 34.0 Å². The lowest BCUT2D eigenvalue weighted by Crippen LogP contribution is -2.17. The molecule has 0 saturated heterocycles. The summed E-state index contributed by atoms with van der Waals surface area (Å²) < 4.78 is 28.2. The molecule has 0 bridgehead atoms. The summed E-state index contributed by atoms with van der Waals surface area (Å²) in [7, 11) is -2.32. The van der Waals surface area contributed by atoms with Gasteiger partial charge in [-0.15, -0.1) is 0 Å². The van der Waals surface area contributed by atoms with Crippen LogP contribution in [0.15, 0.2) is 34.0 Å². The Morgan fingerprint density at radius 1 is 1.44 bits per heavy atom. The molecule has 0 radical (unpaired) electrons. The van der Waals surface area contributed by atoms with Crippen molar-refractivity contribution in [1.82, 2.24) is 14.8 Å². The first kappa shape index (κ1) is 13.3. The molecule has 9 heteroatoms. The van der Waals surface area contributed by atoms with Gasteiger partial charge in [-0.25, -0.2) is 4.98 Å². The van der Waals surface area contributed by atoms with Crippen molar-refractivity contribution < 1.29 is 8.42 Å². The number of hydrogen-bond acceptors (Lipinski definition) is 4. The van der Waals surface area contributed by atoms with Gasteiger partial charge in [-0.2, -0.15) is 13.5 Å². The second-order valence-corrected chi connectivity index (χ2v) is 6.19. The summed E-state index contributed by atoms with van der Waals surface area (Å²) in [6.07, 6.45) is 1.27. The minimum absolute atomic E-state index is 0.0556. The van der Waals surface area contributed by atoms with Crippen LogP contribution in [0.3, 0.4) is 0 Å². The number of pyridine rings is 1. The van der Waals surface area contributed by atoms with E-state index in [0.717, 1.165) is 0 Å². The van der Waals surface area contributed by atoms with Crippen molar-refractivity contribution in [2.75, 3.05) is 4.72 Å². The quantitative estimate of drug-likeness (QED) is 0.858. The van der Waals surface area contributed by atoms with Crippen LogP contribution in [0, 0.1) is 0 Å². The molecule has 0 atom stereocenters. The Hall–Kier alpha value is -1.12. The molecule has 0 aliphatic heterocycles. The van der Waals surface area contributed by atoms with E-state index in [4.69, 9.17) is 11.6 Å². The number of hydrogen-bond donors (Lipinski definition) is 1. The molecular weight excluding hydrogens is 344 g/mol. The van der Waals surface area contributed by atoms with Crippen molar-refractivity contribution in [3.8, 4) is 0 Å². The summed E-state index contributed by atoms with van der Waals surface area (Å²) in [5.74, 6) is 0.196. The molecule has 2 rings (SSSR count). The molecule has 0 aliphatic rings. The number of rotatable bonds is 3. The molecule has 0 saturated carbocycles. The van der Waals surface area contributed by atoms with Gasteiger partial charge in [-0.1, -0.05) is 17.7 Å². The van der Waals surface area contributed by atoms with Gasteiger partial charge in [-0.05, 0) is 28.1 Å². The lowest BCUT2D eigenvalue weighted by Gasteiger charge is -2.07. The Morgan fingerprint density at radius 2 is 2.17 bits per heavy atom. The molecule has 2 aromatic heterocycles. The van der Waals surface area contributed by atoms with Crippen LogP contribution >= 0.6 is 27.5 Å². The summed E-state index contributed by atoms with van der Waals surface area (Å²) in [6, 6.07) is 4.89. The average molecular weight is 352 g/mol. The molecule has 6 nitrogen and oxygen atoms in total. The highest BCUT2D eigenvalue weighted by Crippen LogP contribution is 2.22. The number of aromatic nitrogens is 3. The van der Waals surface area contributed by atoms with Crippen LogP contribution in [-0.2, 0) is 17.1 Å². The highest BCUT2D eigenvalue weighted by molar-refractivity contribution is 9.10. The topological polar surface area (TPSA) is 76.9 Å². The zero-order valence-electron chi connectivity index (χ0n) is 9.13. The number of anilines is 1. The smallest absolute Gasteiger partial charge is 0.262 e. The highest BCUT2D eigenvalue weighted by atomic mass is 79.9. The molecule has 1 N–H and O–H groups in total. The third-order valence-electron chi connectivity index (χ3n) is 2.05. The molecule has 0 spiro atoms. The van der Waals surface area contributed by atoms with Crippen molar-refractivity contribution in [3.63, 3.8) is 0 Å². The van der Waals surface area contributed by atoms with Crippen LogP contribution in [0.1, 0.15) is 0 Å². The molecule has 0 unspecified atom stereocenters. The molecular formula is C9H8BrClN4O2S. The van der Waals surface area contributed by atoms with Crippen LogP contribution in [0.2, 0.25) is 5.02 Å². The maximum absolute atomic E-state index is 12.1. The SMILES string of the molecule is Cn1ncc(Cl)c1S(=O)(=O)Nc1cccc(Br)n1. The Bertz CT molecular complexity index is 666. The molecule has 0 amide bonds. The first-order valence-electron chi connectivity index (χ1n) is 4.73. The van der Waals surface area contributed by atoms with Gasteiger partial charge in [0.1, 0.15) is 10.4 Å². The van der Waals surface area contributed by atoms with E-state index < -0.39 is 10.0 Å². The van der Waals surface area contributed by atoms with E-state index in [2.05, 4.69) is 30.7 Å². The zero-order chi connectivity index (χ0) is 13.3. The summed E-state index contributed by atoms with van der Waals surface area (Å²) >= 11 is 8.95. The molecule has 96 valence electrons. The van der Waals surface area contributed by atoms with E-state index in [1.54, 1.807) is 12.1 Å². The number of aryl methyl sites for hydroxylation is 1. The Balaban J connectivity index is 2.39. The van der Waals surface area contributed by atoms with Gasteiger partial charge in [0.25, 0.3) is 10.0 Å². The standard InChI is InChI=1S/C9H8BrClN4O2S/c1-15-9(6(11)5-12-15)18(16,17)14-8-4-2-3-7(10)13-8/h2-5H,1H3,(H,13,14). The van der Waals surface area contributed by atoms with E-state index in [0.29, 0.717) is 4.60 Å². The van der Waals surface area contributed by atoms with Crippen LogP contribution in [0.5, 0.6) is 0 Å². The lowest BCUT2D eigenvalue weighted by atomic mass is 10.5. The summed E-state index contributed by atoms with van der Waals surface area (Å²) in [6.45, 7) is 0. The van der Waals surface area contributed by atoms with Crippen molar-refractivity contribution in [2.45, 2.75) is 5.03 Å². The average Bonchev–Trinajstić information content (AvgIpc) is 2.58. The largest absolute Gasteiger partial charge is 0.281 e. The fourth-order valence-corrected chi connectivity index (χ4v) is 3.36. The zero-order valence-corrected chi connectivity index (χ0v) is 12.3. The van der Waals surface area contributed by atoms with Crippen LogP contribution in [0.4, 0.5) is 5.82 Å². The lowest BCUT2D eigenvalue weighted by molar-refractivity contribution is 0.582. The van der Waals surface area contributed by atoms with E-state index in [1.165, 1.54) is 24.0 Å². The Labute approximate surface area is 117 Å². The first-order valence-corrected chi connectivity index (χ1v) is 7.38. The third-order valence-corrected chi connectivity index (χ3v) is 4.35. The molecule has 0 aromatic carbocycles. The molecule has 0 aliphatic carbocycles. The van der Waals surface area contributed by atoms with E-state index in [9.17, 15) is 8.42 Å². The third kappa shape index (κ3) is 2.65. The Kier molecular flexibility index (Phi) is 3.60. The van der Waals surface area contributed by atoms with Crippen molar-refractivity contribution in [1.29, 1.82) is 0 Å². The van der Waals surface area contributed by atoms with E-state index in [1.807, 2.05) is 0 Å². The minimum Gasteiger partial charge on any atom is -0.262 e. The van der Waals surface area contributed by atoms with Gasteiger partial charge < -0.3 is 0 Å². The fourth-order valence-electron chi connectivity index (χ4n) is 1.35. The maximum atomic E-state index is 12.1. The van der Waals surface area contributed by atoms with Crippen LogP contribution in [0.25, 0.3) is 0 Å². The molecule has 2 aromatic rings. The van der Waals surface area contributed by atoms with Gasteiger partial charge in [0.2, 0.25) is 0 Å². The van der Waals surface area contributed by atoms with Gasteiger partial charge in [0, 0.05) is 7.05 Å². The predicted octanol–water partition coefficient (Wildman–Crippen LogP) is 2.03. The monoisotopic (exact) mass is 350 g/mol. The maximum Gasteiger partial charge on any atom is 0.281 e. The number of nitrogens with one attached hydrogen (secondary N) is 1. The van der Waals surface area contributed by atoms with Crippen molar-refractivity contribution in [2.24, 2.45) is 7.05 Å². The van der Waals surface area contributed by atoms with Crippen molar-refractivity contribution >= 4 is 43.4 Å². The number of halogens is 2. The molecule has 2 heterocycles. The second kappa shape index (κ2) is 4.87. The van der Waals surface area contributed by atoms with Gasteiger partial charge in [0.15, 0.2) is 5.03 Å². The van der Waals surface area contributed by atoms with E-state index in [-0.39, 0.29) is 15.9 Å². The summed E-state index contributed by atoms with van der Waals surface area (Å²) in [4.78, 5) is 3.98. The number of sulfonamides is 1. The first-order chi connectivity index (χ1) is 8.40. The fraction of sp³-hybridized carbons (Fsp3) is 0.111. The summed E-state index contributed by atoms with van der Waals surface area (Å²) in [5.41, 5.74) is 0. The van der Waals surface area contributed by atoms with Crippen LogP contribution in [-0.4, -0.2) is 23.2 Å². The second-order valence-electron chi connectivity index (χ2n) is 3.37. The normalized spacial score (nSPS) is 11.5. The van der Waals surface area contributed by atoms with Crippen LogP contribution < -0.4 is 4.72 Å². The Morgan fingerprint density at radius 3 is 2.72 bits per heavy atom. The molecule has 18 heavy (non-hydrogen) atoms. The summed E-state index contributed by atoms with van der Waals surface area (Å²) in [5, 5.41) is 3.73. The predicted molar refractivity (Wildman–Crippen MR) is 71.0 cm³/mol. The van der Waals surface area contributed by atoms with Gasteiger partial charge in [-0.3, -0.25) is 9.40 Å². The highest BCUT2D eigenvalue weighted by Gasteiger charge is 2.23. The van der Waals surface area contributed by atoms with Gasteiger partial charge in [0.05, 0.1) is 11.2 Å². The number of nitrogens with zero attached hydrogens (tertiary/aromatic N) is 3. The van der Waals surface area contributed by atoms with Gasteiger partial charge >= 0.3 is 0 Å². The molecule has 0 fully saturated rings.